The highest BCUT2D eigenvalue weighted by atomic mass is 16.3. The molecule has 3 aromatic rings. The highest BCUT2D eigenvalue weighted by Crippen LogP contribution is 2.24. The normalized spacial score (nSPS) is 18.4. The summed E-state index contributed by atoms with van der Waals surface area (Å²) in [5, 5.41) is 25.7. The maximum atomic E-state index is 9.70. The number of nitrogens with zero attached hydrogens (tertiary/aromatic N) is 4. The fourth-order valence-corrected chi connectivity index (χ4v) is 3.68. The number of hydrogen-bond donors (Lipinski definition) is 3. The maximum absolute atomic E-state index is 9.70. The van der Waals surface area contributed by atoms with Crippen LogP contribution in [-0.2, 0) is 6.54 Å². The number of hydrogen-bond acceptors (Lipinski definition) is 7. The first-order valence-corrected chi connectivity index (χ1v) is 10.2. The number of aromatic nitrogens is 3. The van der Waals surface area contributed by atoms with Gasteiger partial charge in [0.15, 0.2) is 0 Å². The van der Waals surface area contributed by atoms with Crippen LogP contribution >= 0.6 is 0 Å². The summed E-state index contributed by atoms with van der Waals surface area (Å²) in [6, 6.07) is 16.3. The molecule has 0 amide bonds. The molecule has 1 fully saturated rings. The molecular weight excluding hydrogens is 376 g/mol. The van der Waals surface area contributed by atoms with Crippen molar-refractivity contribution in [3.8, 4) is 17.3 Å². The summed E-state index contributed by atoms with van der Waals surface area (Å²) in [7, 11) is 0. The second-order valence-electron chi connectivity index (χ2n) is 7.45. The van der Waals surface area contributed by atoms with E-state index in [1.807, 2.05) is 42.5 Å². The standard InChI is InChI=1S/C23H24N6O/c24-13-18-15-27-23(29-22(18)28-19-8-10-20(30)11-9-19)26-14-17-7-4-12-25-21(17)16-5-2-1-3-6-16/h1-7,12,15,19-20,30H,8-11,14H2,(H2,26,27,28,29)/t19-,20+. The van der Waals surface area contributed by atoms with E-state index in [2.05, 4.69) is 31.7 Å². The Hall–Kier alpha value is -3.50. The van der Waals surface area contributed by atoms with E-state index in [1.54, 1.807) is 6.20 Å². The van der Waals surface area contributed by atoms with Crippen LogP contribution in [0.3, 0.4) is 0 Å². The van der Waals surface area contributed by atoms with E-state index >= 15 is 0 Å². The maximum Gasteiger partial charge on any atom is 0.224 e. The van der Waals surface area contributed by atoms with Crippen molar-refractivity contribution in [2.75, 3.05) is 10.6 Å². The Morgan fingerprint density at radius 1 is 1.03 bits per heavy atom. The molecule has 1 aromatic carbocycles. The van der Waals surface area contributed by atoms with Gasteiger partial charge in [-0.05, 0) is 37.3 Å². The first-order chi connectivity index (χ1) is 14.7. The van der Waals surface area contributed by atoms with Gasteiger partial charge in [0, 0.05) is 24.3 Å². The summed E-state index contributed by atoms with van der Waals surface area (Å²) in [5.41, 5.74) is 3.42. The van der Waals surface area contributed by atoms with Crippen molar-refractivity contribution in [3.05, 3.63) is 66.0 Å². The fourth-order valence-electron chi connectivity index (χ4n) is 3.68. The van der Waals surface area contributed by atoms with Gasteiger partial charge in [-0.25, -0.2) is 4.98 Å². The number of pyridine rings is 1. The van der Waals surface area contributed by atoms with Gasteiger partial charge in [0.2, 0.25) is 5.95 Å². The lowest BCUT2D eigenvalue weighted by atomic mass is 9.93. The lowest BCUT2D eigenvalue weighted by molar-refractivity contribution is 0.126. The molecule has 1 aliphatic rings. The van der Waals surface area contributed by atoms with Gasteiger partial charge >= 0.3 is 0 Å². The van der Waals surface area contributed by atoms with Crippen molar-refractivity contribution in [2.24, 2.45) is 0 Å². The highest BCUT2D eigenvalue weighted by molar-refractivity contribution is 5.63. The lowest BCUT2D eigenvalue weighted by Gasteiger charge is -2.26. The smallest absolute Gasteiger partial charge is 0.224 e. The fraction of sp³-hybridized carbons (Fsp3) is 0.304. The van der Waals surface area contributed by atoms with Gasteiger partial charge in [0.05, 0.1) is 18.0 Å². The van der Waals surface area contributed by atoms with Gasteiger partial charge in [-0.2, -0.15) is 10.2 Å². The van der Waals surface area contributed by atoms with Gasteiger partial charge in [-0.15, -0.1) is 0 Å². The number of aliphatic hydroxyl groups excluding tert-OH is 1. The van der Waals surface area contributed by atoms with E-state index in [0.717, 1.165) is 42.5 Å². The van der Waals surface area contributed by atoms with E-state index < -0.39 is 0 Å². The molecule has 2 heterocycles. The van der Waals surface area contributed by atoms with Crippen molar-refractivity contribution in [3.63, 3.8) is 0 Å². The summed E-state index contributed by atoms with van der Waals surface area (Å²) in [6.07, 6.45) is 6.34. The Morgan fingerprint density at radius 2 is 1.83 bits per heavy atom. The van der Waals surface area contributed by atoms with E-state index in [-0.39, 0.29) is 12.1 Å². The Balaban J connectivity index is 1.49. The van der Waals surface area contributed by atoms with E-state index in [4.69, 9.17) is 0 Å². The molecular formula is C23H24N6O. The van der Waals surface area contributed by atoms with Crippen LogP contribution in [0.2, 0.25) is 0 Å². The summed E-state index contributed by atoms with van der Waals surface area (Å²) in [6.45, 7) is 0.513. The van der Waals surface area contributed by atoms with Crippen LogP contribution in [0.4, 0.5) is 11.8 Å². The zero-order valence-electron chi connectivity index (χ0n) is 16.6. The summed E-state index contributed by atoms with van der Waals surface area (Å²) >= 11 is 0. The number of rotatable bonds is 6. The second kappa shape index (κ2) is 9.33. The van der Waals surface area contributed by atoms with Gasteiger partial charge in [-0.3, -0.25) is 4.98 Å². The minimum absolute atomic E-state index is 0.200. The minimum atomic E-state index is -0.223. The van der Waals surface area contributed by atoms with Crippen molar-refractivity contribution in [2.45, 2.75) is 44.4 Å². The molecule has 0 radical (unpaired) electrons. The van der Waals surface area contributed by atoms with Gasteiger partial charge in [0.1, 0.15) is 17.5 Å². The third-order valence-electron chi connectivity index (χ3n) is 5.32. The molecule has 152 valence electrons. The minimum Gasteiger partial charge on any atom is -0.393 e. The Labute approximate surface area is 175 Å². The number of nitrogens with one attached hydrogen (secondary N) is 2. The van der Waals surface area contributed by atoms with Crippen LogP contribution in [0.5, 0.6) is 0 Å². The quantitative estimate of drug-likeness (QED) is 0.579. The molecule has 0 aliphatic heterocycles. The van der Waals surface area contributed by atoms with Crippen LogP contribution in [0.1, 0.15) is 36.8 Å². The van der Waals surface area contributed by atoms with Crippen LogP contribution in [0.15, 0.2) is 54.9 Å². The zero-order valence-corrected chi connectivity index (χ0v) is 16.6. The number of nitriles is 1. The Kier molecular flexibility index (Phi) is 6.16. The molecule has 1 aliphatic carbocycles. The molecule has 0 saturated heterocycles. The third kappa shape index (κ3) is 4.73. The van der Waals surface area contributed by atoms with Gasteiger partial charge in [-0.1, -0.05) is 36.4 Å². The topological polar surface area (TPSA) is 107 Å². The molecule has 3 N–H and O–H groups in total. The molecule has 7 heteroatoms. The number of anilines is 2. The summed E-state index contributed by atoms with van der Waals surface area (Å²) in [5.74, 6) is 0.987. The molecule has 1 saturated carbocycles. The van der Waals surface area contributed by atoms with Crippen LogP contribution in [0.25, 0.3) is 11.3 Å². The molecule has 4 rings (SSSR count). The lowest BCUT2D eigenvalue weighted by Crippen LogP contribution is -2.29. The average Bonchev–Trinajstić information content (AvgIpc) is 2.80. The van der Waals surface area contributed by atoms with Gasteiger partial charge < -0.3 is 15.7 Å². The first-order valence-electron chi connectivity index (χ1n) is 10.2. The van der Waals surface area contributed by atoms with Crippen molar-refractivity contribution >= 4 is 11.8 Å². The molecule has 0 atom stereocenters. The van der Waals surface area contributed by atoms with Crippen molar-refractivity contribution < 1.29 is 5.11 Å². The largest absolute Gasteiger partial charge is 0.393 e. The monoisotopic (exact) mass is 400 g/mol. The molecule has 7 nitrogen and oxygen atoms in total. The van der Waals surface area contributed by atoms with Crippen LogP contribution < -0.4 is 10.6 Å². The molecule has 0 unspecified atom stereocenters. The number of aliphatic hydroxyl groups is 1. The molecule has 30 heavy (non-hydrogen) atoms. The van der Waals surface area contributed by atoms with Crippen LogP contribution in [0, 0.1) is 11.3 Å². The molecule has 0 bridgehead atoms. The van der Waals surface area contributed by atoms with Crippen molar-refractivity contribution in [1.29, 1.82) is 5.26 Å². The van der Waals surface area contributed by atoms with E-state index in [9.17, 15) is 10.4 Å². The van der Waals surface area contributed by atoms with E-state index in [1.165, 1.54) is 6.20 Å². The highest BCUT2D eigenvalue weighted by Gasteiger charge is 2.21. The van der Waals surface area contributed by atoms with Gasteiger partial charge in [0.25, 0.3) is 0 Å². The Morgan fingerprint density at radius 3 is 2.60 bits per heavy atom. The Bertz CT molecular complexity index is 1030. The first kappa shape index (κ1) is 19.8. The summed E-state index contributed by atoms with van der Waals surface area (Å²) in [4.78, 5) is 13.4. The van der Waals surface area contributed by atoms with Crippen LogP contribution in [-0.4, -0.2) is 32.2 Å². The molecule has 0 spiro atoms. The average molecular weight is 400 g/mol. The van der Waals surface area contributed by atoms with Crippen molar-refractivity contribution in [1.82, 2.24) is 15.0 Å². The zero-order chi connectivity index (χ0) is 20.8. The molecule has 2 aromatic heterocycles. The SMILES string of the molecule is N#Cc1cnc(NCc2cccnc2-c2ccccc2)nc1N[C@H]1CC[C@@H](O)CC1. The predicted octanol–water partition coefficient (Wildman–Crippen LogP) is 3.74. The van der Waals surface area contributed by atoms with E-state index in [0.29, 0.717) is 23.9 Å². The number of benzene rings is 1. The second-order valence-corrected chi connectivity index (χ2v) is 7.45. The summed E-state index contributed by atoms with van der Waals surface area (Å²) < 4.78 is 0. The third-order valence-corrected chi connectivity index (χ3v) is 5.32. The predicted molar refractivity (Wildman–Crippen MR) is 116 cm³/mol.